The van der Waals surface area contributed by atoms with Crippen LogP contribution in [0.2, 0.25) is 0 Å². The van der Waals surface area contributed by atoms with E-state index < -0.39 is 0 Å². The largest absolute Gasteiger partial charge is 0.330 e. The topological polar surface area (TPSA) is 74.6 Å². The first-order chi connectivity index (χ1) is 17.7. The number of likely N-dealkylation sites (N-methyl/N-ethyl adjacent to an activating group) is 1. The zero-order valence-corrected chi connectivity index (χ0v) is 22.6. The van der Waals surface area contributed by atoms with Crippen LogP contribution < -0.4 is 4.90 Å². The average molecular weight is 503 g/mol. The molecule has 1 aromatic heterocycles. The highest BCUT2D eigenvalue weighted by Gasteiger charge is 2.26. The number of benzene rings is 2. The average Bonchev–Trinajstić information content (AvgIpc) is 3.24. The molecule has 196 valence electrons. The Morgan fingerprint density at radius 1 is 0.946 bits per heavy atom. The molecule has 1 aliphatic rings. The number of amides is 2. The van der Waals surface area contributed by atoms with Gasteiger partial charge in [-0.25, -0.2) is 9.67 Å². The van der Waals surface area contributed by atoms with Gasteiger partial charge in [-0.05, 0) is 63.5 Å². The fourth-order valence-corrected chi connectivity index (χ4v) is 4.66. The number of carbonyl (C=O) groups is 2. The Balaban J connectivity index is 1.66. The standard InChI is InChI=1S/C29H38N6O2/c1-21(2)19-27(36)34-16-8-15-32(5)17-18-33(20-24-9-6-7-10-26(24)34)29(37)28-30-23(4)35(31-28)25-13-11-22(3)12-14-25/h6-7,9-14,21H,8,15-20H2,1-5H3. The molecule has 0 radical (unpaired) electrons. The summed E-state index contributed by atoms with van der Waals surface area (Å²) in [4.78, 5) is 37.5. The molecule has 3 aromatic rings. The molecule has 2 aromatic carbocycles. The van der Waals surface area contributed by atoms with E-state index in [1.165, 1.54) is 0 Å². The van der Waals surface area contributed by atoms with Crippen LogP contribution in [0.3, 0.4) is 0 Å². The highest BCUT2D eigenvalue weighted by molar-refractivity contribution is 5.94. The summed E-state index contributed by atoms with van der Waals surface area (Å²) >= 11 is 0. The predicted molar refractivity (Wildman–Crippen MR) is 146 cm³/mol. The minimum Gasteiger partial charge on any atom is -0.330 e. The van der Waals surface area contributed by atoms with Gasteiger partial charge in [0.15, 0.2) is 0 Å². The molecule has 0 saturated carbocycles. The van der Waals surface area contributed by atoms with Gasteiger partial charge in [0, 0.05) is 38.3 Å². The third-order valence-corrected chi connectivity index (χ3v) is 6.73. The SMILES string of the molecule is Cc1ccc(-n2nc(C(=O)N3CCN(C)CCCN(C(=O)CC(C)C)c4ccccc4C3)nc2C)cc1. The predicted octanol–water partition coefficient (Wildman–Crippen LogP) is 4.24. The molecule has 2 amide bonds. The Kier molecular flexibility index (Phi) is 8.38. The van der Waals surface area contributed by atoms with Crippen LogP contribution in [0.5, 0.6) is 0 Å². The Morgan fingerprint density at radius 2 is 1.68 bits per heavy atom. The molecule has 8 heteroatoms. The molecule has 0 spiro atoms. The maximum Gasteiger partial charge on any atom is 0.293 e. The van der Waals surface area contributed by atoms with Crippen LogP contribution in [0.4, 0.5) is 5.69 Å². The molecular weight excluding hydrogens is 464 g/mol. The smallest absolute Gasteiger partial charge is 0.293 e. The van der Waals surface area contributed by atoms with Crippen LogP contribution in [-0.4, -0.2) is 69.6 Å². The molecule has 37 heavy (non-hydrogen) atoms. The van der Waals surface area contributed by atoms with Crippen molar-refractivity contribution in [1.29, 1.82) is 0 Å². The molecule has 0 saturated heterocycles. The maximum absolute atomic E-state index is 13.8. The first-order valence-corrected chi connectivity index (χ1v) is 13.1. The van der Waals surface area contributed by atoms with Gasteiger partial charge >= 0.3 is 0 Å². The highest BCUT2D eigenvalue weighted by atomic mass is 16.2. The van der Waals surface area contributed by atoms with Gasteiger partial charge in [0.25, 0.3) is 5.91 Å². The number of fused-ring (bicyclic) bond motifs is 1. The molecule has 4 rings (SSSR count). The summed E-state index contributed by atoms with van der Waals surface area (Å²) in [5.41, 5.74) is 3.86. The van der Waals surface area contributed by atoms with Gasteiger partial charge in [0.1, 0.15) is 5.82 Å². The molecule has 0 atom stereocenters. The molecule has 0 bridgehead atoms. The van der Waals surface area contributed by atoms with Crippen LogP contribution in [0.25, 0.3) is 5.69 Å². The Morgan fingerprint density at radius 3 is 2.41 bits per heavy atom. The van der Waals surface area contributed by atoms with Gasteiger partial charge in [-0.1, -0.05) is 49.7 Å². The third kappa shape index (κ3) is 6.43. The van der Waals surface area contributed by atoms with Gasteiger partial charge in [0.2, 0.25) is 11.7 Å². The van der Waals surface area contributed by atoms with Crippen molar-refractivity contribution in [2.24, 2.45) is 5.92 Å². The van der Waals surface area contributed by atoms with E-state index in [4.69, 9.17) is 0 Å². The lowest BCUT2D eigenvalue weighted by Gasteiger charge is -2.28. The fraction of sp³-hybridized carbons (Fsp3) is 0.448. The Hall–Kier alpha value is -3.52. The molecule has 0 N–H and O–H groups in total. The third-order valence-electron chi connectivity index (χ3n) is 6.73. The molecular formula is C29H38N6O2. The van der Waals surface area contributed by atoms with Crippen LogP contribution in [0.15, 0.2) is 48.5 Å². The van der Waals surface area contributed by atoms with Crippen LogP contribution in [-0.2, 0) is 11.3 Å². The minimum atomic E-state index is -0.212. The van der Waals surface area contributed by atoms with E-state index in [1.54, 1.807) is 9.58 Å². The minimum absolute atomic E-state index is 0.122. The lowest BCUT2D eigenvalue weighted by atomic mass is 10.1. The summed E-state index contributed by atoms with van der Waals surface area (Å²) < 4.78 is 1.71. The zero-order chi connectivity index (χ0) is 26.5. The van der Waals surface area contributed by atoms with Crippen molar-refractivity contribution in [3.8, 4) is 5.69 Å². The van der Waals surface area contributed by atoms with Crippen molar-refractivity contribution in [2.75, 3.05) is 38.1 Å². The second-order valence-electron chi connectivity index (χ2n) is 10.4. The number of rotatable bonds is 4. The van der Waals surface area contributed by atoms with Gasteiger partial charge in [-0.2, -0.15) is 0 Å². The summed E-state index contributed by atoms with van der Waals surface area (Å²) in [6, 6.07) is 15.9. The Bertz CT molecular complexity index is 1230. The van der Waals surface area contributed by atoms with E-state index in [2.05, 4.69) is 35.9 Å². The van der Waals surface area contributed by atoms with Crippen molar-refractivity contribution in [3.05, 3.63) is 71.3 Å². The lowest BCUT2D eigenvalue weighted by Crippen LogP contribution is -2.38. The van der Waals surface area contributed by atoms with Gasteiger partial charge in [-0.15, -0.1) is 5.10 Å². The van der Waals surface area contributed by atoms with E-state index in [0.717, 1.165) is 42.0 Å². The van der Waals surface area contributed by atoms with Crippen LogP contribution in [0.1, 0.15) is 54.3 Å². The number of hydrogen-bond acceptors (Lipinski definition) is 5. The summed E-state index contributed by atoms with van der Waals surface area (Å²) in [5.74, 6) is 1.03. The van der Waals surface area contributed by atoms with Crippen molar-refractivity contribution >= 4 is 17.5 Å². The van der Waals surface area contributed by atoms with Crippen molar-refractivity contribution in [1.82, 2.24) is 24.6 Å². The van der Waals surface area contributed by atoms with Crippen molar-refractivity contribution < 1.29 is 9.59 Å². The van der Waals surface area contributed by atoms with E-state index >= 15 is 0 Å². The number of nitrogens with zero attached hydrogens (tertiary/aromatic N) is 6. The van der Waals surface area contributed by atoms with E-state index in [0.29, 0.717) is 31.9 Å². The van der Waals surface area contributed by atoms with Gasteiger partial charge < -0.3 is 14.7 Å². The monoisotopic (exact) mass is 502 g/mol. The summed E-state index contributed by atoms with van der Waals surface area (Å²) in [6.45, 7) is 11.2. The summed E-state index contributed by atoms with van der Waals surface area (Å²) in [5, 5.41) is 4.59. The Labute approximate surface area is 219 Å². The second-order valence-corrected chi connectivity index (χ2v) is 10.4. The number of hydrogen-bond donors (Lipinski definition) is 0. The summed E-state index contributed by atoms with van der Waals surface area (Å²) in [7, 11) is 2.06. The van der Waals surface area contributed by atoms with Gasteiger partial charge in [-0.3, -0.25) is 9.59 Å². The molecule has 0 aliphatic carbocycles. The van der Waals surface area contributed by atoms with Crippen LogP contribution >= 0.6 is 0 Å². The first-order valence-electron chi connectivity index (χ1n) is 13.1. The number of para-hydroxylation sites is 1. The number of carbonyl (C=O) groups excluding carboxylic acids is 2. The van der Waals surface area contributed by atoms with Crippen LogP contribution in [0, 0.1) is 19.8 Å². The highest BCUT2D eigenvalue weighted by Crippen LogP contribution is 2.25. The quantitative estimate of drug-likeness (QED) is 0.534. The number of anilines is 1. The molecule has 0 fully saturated rings. The van der Waals surface area contributed by atoms with E-state index in [1.807, 2.05) is 67.3 Å². The number of aromatic nitrogens is 3. The van der Waals surface area contributed by atoms with E-state index in [-0.39, 0.29) is 23.6 Å². The normalized spacial score (nSPS) is 15.4. The lowest BCUT2D eigenvalue weighted by molar-refractivity contribution is -0.119. The second kappa shape index (κ2) is 11.7. The first kappa shape index (κ1) is 26.5. The van der Waals surface area contributed by atoms with Gasteiger partial charge in [0.05, 0.1) is 5.69 Å². The fourth-order valence-electron chi connectivity index (χ4n) is 4.66. The van der Waals surface area contributed by atoms with Crippen molar-refractivity contribution in [3.63, 3.8) is 0 Å². The van der Waals surface area contributed by atoms with Crippen molar-refractivity contribution in [2.45, 2.75) is 47.1 Å². The van der Waals surface area contributed by atoms with E-state index in [9.17, 15) is 9.59 Å². The molecule has 8 nitrogen and oxygen atoms in total. The molecule has 1 aliphatic heterocycles. The molecule has 0 unspecified atom stereocenters. The molecule has 2 heterocycles. The maximum atomic E-state index is 13.8. The summed E-state index contributed by atoms with van der Waals surface area (Å²) in [6.07, 6.45) is 1.36. The number of aryl methyl sites for hydroxylation is 2. The zero-order valence-electron chi connectivity index (χ0n) is 22.6.